The van der Waals surface area contributed by atoms with Crippen molar-refractivity contribution in [1.29, 1.82) is 5.26 Å². The zero-order valence-corrected chi connectivity index (χ0v) is 14.4. The summed E-state index contributed by atoms with van der Waals surface area (Å²) in [6, 6.07) is 10.6. The first-order valence-corrected chi connectivity index (χ1v) is 8.27. The van der Waals surface area contributed by atoms with E-state index in [1.807, 2.05) is 26.0 Å². The van der Waals surface area contributed by atoms with Crippen molar-refractivity contribution in [2.45, 2.75) is 32.6 Å². The van der Waals surface area contributed by atoms with Gasteiger partial charge in [-0.3, -0.25) is 0 Å². The van der Waals surface area contributed by atoms with Gasteiger partial charge in [-0.15, -0.1) is 5.10 Å². The number of hydrogen-bond donors (Lipinski definition) is 0. The summed E-state index contributed by atoms with van der Waals surface area (Å²) in [4.78, 5) is 2.19. The van der Waals surface area contributed by atoms with Gasteiger partial charge in [0.1, 0.15) is 17.4 Å². The van der Waals surface area contributed by atoms with Gasteiger partial charge in [0, 0.05) is 13.1 Å². The van der Waals surface area contributed by atoms with Crippen LogP contribution in [0.3, 0.4) is 0 Å². The number of hydrogen-bond acceptors (Lipinski definition) is 5. The Bertz CT molecular complexity index is 773. The smallest absolute Gasteiger partial charge is 0.169 e. The summed E-state index contributed by atoms with van der Waals surface area (Å²) < 4.78 is 5.33. The van der Waals surface area contributed by atoms with Crippen LogP contribution in [0.5, 0.6) is 5.75 Å². The molecule has 1 aliphatic heterocycles. The van der Waals surface area contributed by atoms with Crippen LogP contribution in [0.25, 0.3) is 0 Å². The highest BCUT2D eigenvalue weighted by molar-refractivity contribution is 5.57. The number of benzene rings is 1. The Kier molecular flexibility index (Phi) is 4.66. The molecule has 2 aromatic rings. The first-order valence-electron chi connectivity index (χ1n) is 8.27. The molecule has 0 saturated carbocycles. The van der Waals surface area contributed by atoms with Gasteiger partial charge in [0.15, 0.2) is 5.82 Å². The fourth-order valence-corrected chi connectivity index (χ4v) is 3.27. The van der Waals surface area contributed by atoms with Crippen molar-refractivity contribution in [2.24, 2.45) is 0 Å². The lowest BCUT2D eigenvalue weighted by Gasteiger charge is -2.33. The average Bonchev–Trinajstić information content (AvgIpc) is 2.64. The van der Waals surface area contributed by atoms with E-state index in [-0.39, 0.29) is 0 Å². The lowest BCUT2D eigenvalue weighted by Crippen LogP contribution is -2.34. The fourth-order valence-electron chi connectivity index (χ4n) is 3.27. The minimum Gasteiger partial charge on any atom is -0.497 e. The molecular formula is C19H22N4O. The van der Waals surface area contributed by atoms with Crippen molar-refractivity contribution in [3.63, 3.8) is 0 Å². The van der Waals surface area contributed by atoms with Crippen molar-refractivity contribution in [3.05, 3.63) is 46.6 Å². The molecule has 0 bridgehead atoms. The topological polar surface area (TPSA) is 62.0 Å². The summed E-state index contributed by atoms with van der Waals surface area (Å²) in [5, 5.41) is 18.0. The highest BCUT2D eigenvalue weighted by Crippen LogP contribution is 2.32. The second kappa shape index (κ2) is 6.88. The largest absolute Gasteiger partial charge is 0.497 e. The summed E-state index contributed by atoms with van der Waals surface area (Å²) in [5.74, 6) is 2.15. The molecule has 24 heavy (non-hydrogen) atoms. The molecule has 1 saturated heterocycles. The third kappa shape index (κ3) is 3.05. The van der Waals surface area contributed by atoms with Crippen molar-refractivity contribution in [3.8, 4) is 11.8 Å². The molecule has 2 heterocycles. The standard InChI is InChI=1S/C19H22N4O/c1-13-14(2)21-22-19(18(13)12-20)23-9-7-15(8-10-23)16-5-4-6-17(11-16)24-3/h4-6,11,15H,7-10H2,1-3H3. The summed E-state index contributed by atoms with van der Waals surface area (Å²) in [5.41, 5.74) is 3.72. The van der Waals surface area contributed by atoms with Crippen molar-refractivity contribution in [1.82, 2.24) is 10.2 Å². The molecule has 5 heteroatoms. The highest BCUT2D eigenvalue weighted by atomic mass is 16.5. The third-order valence-corrected chi connectivity index (χ3v) is 4.91. The van der Waals surface area contributed by atoms with Gasteiger partial charge in [-0.25, -0.2) is 0 Å². The molecule has 0 aliphatic carbocycles. The van der Waals surface area contributed by atoms with Gasteiger partial charge in [-0.1, -0.05) is 12.1 Å². The number of nitriles is 1. The van der Waals surface area contributed by atoms with Crippen LogP contribution >= 0.6 is 0 Å². The number of methoxy groups -OCH3 is 1. The van der Waals surface area contributed by atoms with Crippen LogP contribution in [0.15, 0.2) is 24.3 Å². The van der Waals surface area contributed by atoms with Crippen LogP contribution in [0.2, 0.25) is 0 Å². The Morgan fingerprint density at radius 1 is 1.21 bits per heavy atom. The molecule has 1 fully saturated rings. The van der Waals surface area contributed by atoms with Crippen LogP contribution in [0.4, 0.5) is 5.82 Å². The Labute approximate surface area is 142 Å². The molecule has 0 N–H and O–H groups in total. The minimum atomic E-state index is 0.515. The van der Waals surface area contributed by atoms with Crippen LogP contribution in [-0.4, -0.2) is 30.4 Å². The maximum Gasteiger partial charge on any atom is 0.169 e. The number of aromatic nitrogens is 2. The minimum absolute atomic E-state index is 0.515. The van der Waals surface area contributed by atoms with Crippen molar-refractivity contribution >= 4 is 5.82 Å². The van der Waals surface area contributed by atoms with Crippen molar-refractivity contribution < 1.29 is 4.74 Å². The van der Waals surface area contributed by atoms with E-state index in [4.69, 9.17) is 4.74 Å². The van der Waals surface area contributed by atoms with E-state index in [9.17, 15) is 5.26 Å². The van der Waals surface area contributed by atoms with E-state index in [2.05, 4.69) is 33.3 Å². The first kappa shape index (κ1) is 16.3. The predicted molar refractivity (Wildman–Crippen MR) is 93.4 cm³/mol. The molecular weight excluding hydrogens is 300 g/mol. The van der Waals surface area contributed by atoms with E-state index >= 15 is 0 Å². The Balaban J connectivity index is 1.76. The van der Waals surface area contributed by atoms with E-state index < -0.39 is 0 Å². The number of piperidine rings is 1. The van der Waals surface area contributed by atoms with Gasteiger partial charge >= 0.3 is 0 Å². The fraction of sp³-hybridized carbons (Fsp3) is 0.421. The zero-order chi connectivity index (χ0) is 17.1. The van der Waals surface area contributed by atoms with Crippen LogP contribution < -0.4 is 9.64 Å². The van der Waals surface area contributed by atoms with Gasteiger partial charge in [-0.2, -0.15) is 10.4 Å². The summed E-state index contributed by atoms with van der Waals surface area (Å²) in [6.07, 6.45) is 2.07. The molecule has 124 valence electrons. The summed E-state index contributed by atoms with van der Waals surface area (Å²) in [7, 11) is 1.70. The number of anilines is 1. The number of rotatable bonds is 3. The summed E-state index contributed by atoms with van der Waals surface area (Å²) >= 11 is 0. The first-order chi connectivity index (χ1) is 11.6. The number of ether oxygens (including phenoxy) is 1. The Morgan fingerprint density at radius 2 is 1.96 bits per heavy atom. The molecule has 1 aromatic heterocycles. The normalized spacial score (nSPS) is 15.2. The van der Waals surface area contributed by atoms with Gasteiger partial charge in [0.2, 0.25) is 0 Å². The second-order valence-electron chi connectivity index (χ2n) is 6.26. The van der Waals surface area contributed by atoms with E-state index in [1.54, 1.807) is 7.11 Å². The highest BCUT2D eigenvalue weighted by Gasteiger charge is 2.24. The summed E-state index contributed by atoms with van der Waals surface area (Å²) in [6.45, 7) is 5.60. The molecule has 3 rings (SSSR count). The van der Waals surface area contributed by atoms with Crippen LogP contribution in [0.1, 0.15) is 41.1 Å². The maximum atomic E-state index is 9.48. The van der Waals surface area contributed by atoms with Crippen LogP contribution in [0, 0.1) is 25.2 Å². The quantitative estimate of drug-likeness (QED) is 0.867. The zero-order valence-electron chi connectivity index (χ0n) is 14.4. The maximum absolute atomic E-state index is 9.48. The van der Waals surface area contributed by atoms with E-state index in [0.717, 1.165) is 48.8 Å². The average molecular weight is 322 g/mol. The van der Waals surface area contributed by atoms with Gasteiger partial charge < -0.3 is 9.64 Å². The molecule has 5 nitrogen and oxygen atoms in total. The second-order valence-corrected chi connectivity index (χ2v) is 6.26. The molecule has 0 atom stereocenters. The number of aryl methyl sites for hydroxylation is 1. The molecule has 1 aliphatic rings. The lowest BCUT2D eigenvalue weighted by molar-refractivity contribution is 0.412. The third-order valence-electron chi connectivity index (χ3n) is 4.91. The van der Waals surface area contributed by atoms with Gasteiger partial charge in [-0.05, 0) is 55.9 Å². The Morgan fingerprint density at radius 3 is 2.62 bits per heavy atom. The monoisotopic (exact) mass is 322 g/mol. The van der Waals surface area contributed by atoms with E-state index in [0.29, 0.717) is 11.5 Å². The molecule has 0 unspecified atom stereocenters. The lowest BCUT2D eigenvalue weighted by atomic mass is 9.89. The molecule has 0 radical (unpaired) electrons. The molecule has 0 amide bonds. The predicted octanol–water partition coefficient (Wildman–Crippen LogP) is 3.36. The molecule has 0 spiro atoms. The van der Waals surface area contributed by atoms with Gasteiger partial charge in [0.05, 0.1) is 12.8 Å². The Hall–Kier alpha value is -2.61. The van der Waals surface area contributed by atoms with Crippen LogP contribution in [-0.2, 0) is 0 Å². The van der Waals surface area contributed by atoms with Crippen molar-refractivity contribution in [2.75, 3.05) is 25.1 Å². The van der Waals surface area contributed by atoms with E-state index in [1.165, 1.54) is 5.56 Å². The molecule has 1 aromatic carbocycles. The SMILES string of the molecule is COc1cccc(C2CCN(c3nnc(C)c(C)c3C#N)CC2)c1. The number of nitrogens with zero attached hydrogens (tertiary/aromatic N) is 4. The van der Waals surface area contributed by atoms with Gasteiger partial charge in [0.25, 0.3) is 0 Å².